The highest BCUT2D eigenvalue weighted by Gasteiger charge is 2.32. The van der Waals surface area contributed by atoms with E-state index in [1.807, 2.05) is 0 Å². The SMILES string of the molecule is C=CCN1C(=O)C(=Cc2sccc2SCC(=O)O)C(=O)NC1=S. The molecule has 2 heterocycles. The van der Waals surface area contributed by atoms with Crippen LogP contribution in [0.4, 0.5) is 0 Å². The Labute approximate surface area is 145 Å². The van der Waals surface area contributed by atoms with Gasteiger partial charge < -0.3 is 5.11 Å². The van der Waals surface area contributed by atoms with Crippen LogP contribution in [0.5, 0.6) is 0 Å². The zero-order chi connectivity index (χ0) is 17.0. The van der Waals surface area contributed by atoms with Crippen molar-refractivity contribution in [2.45, 2.75) is 4.90 Å². The number of thioether (sulfide) groups is 1. The molecule has 23 heavy (non-hydrogen) atoms. The van der Waals surface area contributed by atoms with Crippen molar-refractivity contribution < 1.29 is 19.5 Å². The highest BCUT2D eigenvalue weighted by atomic mass is 32.2. The number of nitrogens with zero attached hydrogens (tertiary/aromatic N) is 1. The van der Waals surface area contributed by atoms with Crippen molar-refractivity contribution in [3.8, 4) is 0 Å². The summed E-state index contributed by atoms with van der Waals surface area (Å²) in [6.07, 6.45) is 2.98. The molecule has 0 saturated carbocycles. The number of aliphatic carboxylic acids is 1. The van der Waals surface area contributed by atoms with Gasteiger partial charge in [-0.15, -0.1) is 29.7 Å². The van der Waals surface area contributed by atoms with Crippen molar-refractivity contribution in [2.75, 3.05) is 12.3 Å². The predicted molar refractivity (Wildman–Crippen MR) is 93.3 cm³/mol. The average Bonchev–Trinajstić information content (AvgIpc) is 2.93. The van der Waals surface area contributed by atoms with Gasteiger partial charge in [-0.3, -0.25) is 24.6 Å². The second kappa shape index (κ2) is 7.53. The number of hydrogen-bond donors (Lipinski definition) is 2. The molecule has 2 N–H and O–H groups in total. The molecule has 6 nitrogen and oxygen atoms in total. The highest BCUT2D eigenvalue weighted by Crippen LogP contribution is 2.30. The number of carbonyl (C=O) groups is 3. The largest absolute Gasteiger partial charge is 0.481 e. The summed E-state index contributed by atoms with van der Waals surface area (Å²) in [6, 6.07) is 1.75. The number of thiocarbonyl (C=S) groups is 1. The van der Waals surface area contributed by atoms with Gasteiger partial charge in [-0.2, -0.15) is 0 Å². The van der Waals surface area contributed by atoms with Gasteiger partial charge in [-0.25, -0.2) is 0 Å². The topological polar surface area (TPSA) is 86.7 Å². The minimum absolute atomic E-state index is 0.0416. The van der Waals surface area contributed by atoms with Crippen molar-refractivity contribution in [1.29, 1.82) is 0 Å². The van der Waals surface area contributed by atoms with Crippen LogP contribution >= 0.6 is 35.3 Å². The van der Waals surface area contributed by atoms with Crippen LogP contribution in [0.2, 0.25) is 0 Å². The minimum atomic E-state index is -0.936. The van der Waals surface area contributed by atoms with Crippen molar-refractivity contribution in [2.24, 2.45) is 0 Å². The first-order valence-electron chi connectivity index (χ1n) is 6.36. The van der Waals surface area contributed by atoms with Crippen LogP contribution in [-0.4, -0.2) is 45.2 Å². The van der Waals surface area contributed by atoms with E-state index in [2.05, 4.69) is 11.9 Å². The third-order valence-corrected chi connectivity index (χ3v) is 5.16. The summed E-state index contributed by atoms with van der Waals surface area (Å²) >= 11 is 7.43. The second-order valence-corrected chi connectivity index (χ2v) is 6.70. The summed E-state index contributed by atoms with van der Waals surface area (Å²) in [6.45, 7) is 3.75. The van der Waals surface area contributed by atoms with Gasteiger partial charge in [0.1, 0.15) is 5.57 Å². The molecule has 9 heteroatoms. The minimum Gasteiger partial charge on any atom is -0.481 e. The molecule has 0 aromatic carbocycles. The third kappa shape index (κ3) is 4.06. The molecule has 1 aliphatic heterocycles. The molecule has 120 valence electrons. The molecule has 1 fully saturated rings. The Morgan fingerprint density at radius 3 is 2.91 bits per heavy atom. The molecule has 0 spiro atoms. The summed E-state index contributed by atoms with van der Waals surface area (Å²) in [7, 11) is 0. The lowest BCUT2D eigenvalue weighted by Gasteiger charge is -2.27. The molecular formula is C14H12N2O4S3. The van der Waals surface area contributed by atoms with Crippen molar-refractivity contribution >= 4 is 64.3 Å². The number of nitrogens with one attached hydrogen (secondary N) is 1. The number of carboxylic acid groups (broad SMARTS) is 1. The Morgan fingerprint density at radius 1 is 1.52 bits per heavy atom. The van der Waals surface area contributed by atoms with E-state index in [1.54, 1.807) is 11.4 Å². The number of rotatable bonds is 6. The molecule has 1 aromatic rings. The summed E-state index contributed by atoms with van der Waals surface area (Å²) < 4.78 is 0. The zero-order valence-corrected chi connectivity index (χ0v) is 14.2. The fourth-order valence-corrected chi connectivity index (χ4v) is 3.82. The van der Waals surface area contributed by atoms with E-state index < -0.39 is 17.8 Å². The molecule has 2 amide bonds. The maximum atomic E-state index is 12.4. The number of carboxylic acids is 1. The van der Waals surface area contributed by atoms with Gasteiger partial charge in [0.25, 0.3) is 11.8 Å². The maximum absolute atomic E-state index is 12.4. The van der Waals surface area contributed by atoms with E-state index >= 15 is 0 Å². The molecule has 0 radical (unpaired) electrons. The van der Waals surface area contributed by atoms with E-state index in [0.717, 1.165) is 11.8 Å². The van der Waals surface area contributed by atoms with Gasteiger partial charge >= 0.3 is 5.97 Å². The van der Waals surface area contributed by atoms with Gasteiger partial charge in [0.15, 0.2) is 5.11 Å². The smallest absolute Gasteiger partial charge is 0.313 e. The molecule has 1 aliphatic rings. The van der Waals surface area contributed by atoms with Crippen LogP contribution < -0.4 is 5.32 Å². The summed E-state index contributed by atoms with van der Waals surface area (Å²) in [4.78, 5) is 37.7. The van der Waals surface area contributed by atoms with Crippen molar-refractivity contribution in [3.63, 3.8) is 0 Å². The molecule has 0 atom stereocenters. The van der Waals surface area contributed by atoms with Crippen LogP contribution in [0.1, 0.15) is 4.88 Å². The van der Waals surface area contributed by atoms with Gasteiger partial charge in [0.05, 0.1) is 5.75 Å². The van der Waals surface area contributed by atoms with Crippen LogP contribution in [0, 0.1) is 0 Å². The molecule has 2 rings (SSSR count). The average molecular weight is 368 g/mol. The van der Waals surface area contributed by atoms with Gasteiger partial charge in [-0.1, -0.05) is 6.08 Å². The molecule has 0 bridgehead atoms. The molecule has 1 saturated heterocycles. The normalized spacial score (nSPS) is 16.6. The Bertz CT molecular complexity index is 723. The number of thiophene rings is 1. The lowest BCUT2D eigenvalue weighted by molar-refractivity contribution is -0.134. The van der Waals surface area contributed by atoms with Crippen LogP contribution in [-0.2, 0) is 14.4 Å². The monoisotopic (exact) mass is 368 g/mol. The molecular weight excluding hydrogens is 356 g/mol. The van der Waals surface area contributed by atoms with Crippen molar-refractivity contribution in [3.05, 3.63) is 34.6 Å². The zero-order valence-electron chi connectivity index (χ0n) is 11.8. The predicted octanol–water partition coefficient (Wildman–Crippen LogP) is 1.74. The molecule has 0 unspecified atom stereocenters. The number of carbonyl (C=O) groups excluding carboxylic acids is 2. The summed E-state index contributed by atoms with van der Waals surface area (Å²) in [5, 5.41) is 13.0. The van der Waals surface area contributed by atoms with E-state index in [4.69, 9.17) is 17.3 Å². The summed E-state index contributed by atoms with van der Waals surface area (Å²) in [5.74, 6) is -2.10. The Hall–Kier alpha value is -1.97. The maximum Gasteiger partial charge on any atom is 0.313 e. The van der Waals surface area contributed by atoms with Gasteiger partial charge in [-0.05, 0) is 29.7 Å². The lowest BCUT2D eigenvalue weighted by atomic mass is 10.1. The lowest BCUT2D eigenvalue weighted by Crippen LogP contribution is -2.53. The summed E-state index contributed by atoms with van der Waals surface area (Å²) in [5.41, 5.74) is -0.0416. The Kier molecular flexibility index (Phi) is 5.69. The van der Waals surface area contributed by atoms with Gasteiger partial charge in [0, 0.05) is 16.3 Å². The molecule has 1 aromatic heterocycles. The first-order valence-corrected chi connectivity index (χ1v) is 8.63. The second-order valence-electron chi connectivity index (χ2n) is 4.35. The van der Waals surface area contributed by atoms with E-state index in [0.29, 0.717) is 9.77 Å². The Morgan fingerprint density at radius 2 is 2.26 bits per heavy atom. The number of hydrogen-bond acceptors (Lipinski definition) is 6. The first-order chi connectivity index (χ1) is 10.9. The van der Waals surface area contributed by atoms with Crippen LogP contribution in [0.25, 0.3) is 6.08 Å². The van der Waals surface area contributed by atoms with E-state index in [9.17, 15) is 14.4 Å². The standard InChI is InChI=1S/C14H12N2O4S3/c1-2-4-16-13(20)8(12(19)15-14(16)21)6-10-9(3-5-22-10)23-7-11(17)18/h2-3,5-6H,1,4,7H2,(H,17,18)(H,15,19,21). The van der Waals surface area contributed by atoms with E-state index in [1.165, 1.54) is 28.4 Å². The highest BCUT2D eigenvalue weighted by molar-refractivity contribution is 8.00. The quantitative estimate of drug-likeness (QED) is 0.261. The number of amides is 2. The van der Waals surface area contributed by atoms with E-state index in [-0.39, 0.29) is 23.0 Å². The molecule has 0 aliphatic carbocycles. The van der Waals surface area contributed by atoms with Crippen molar-refractivity contribution in [1.82, 2.24) is 10.2 Å². The van der Waals surface area contributed by atoms with Crippen LogP contribution in [0.3, 0.4) is 0 Å². The fourth-order valence-electron chi connectivity index (χ4n) is 1.79. The fraction of sp³-hybridized carbons (Fsp3) is 0.143. The van der Waals surface area contributed by atoms with Gasteiger partial charge in [0.2, 0.25) is 0 Å². The van der Waals surface area contributed by atoms with Crippen LogP contribution in [0.15, 0.2) is 34.6 Å². The third-order valence-electron chi connectivity index (χ3n) is 2.78. The Balaban J connectivity index is 2.30. The first kappa shape index (κ1) is 17.4.